The molecule has 0 spiro atoms. The molecule has 9 heteroatoms. The van der Waals surface area contributed by atoms with Crippen LogP contribution in [0.1, 0.15) is 44.1 Å². The highest BCUT2D eigenvalue weighted by atomic mass is 19.1. The highest BCUT2D eigenvalue weighted by molar-refractivity contribution is 5.64. The topological polar surface area (TPSA) is 105 Å². The van der Waals surface area contributed by atoms with E-state index in [1.807, 2.05) is 17.0 Å². The standard InChI is InChI=1S/C25H34FN5O3/c1-17(18-6-10-30(11-7-18)25(32)33)9-13-34-19-14-28-24(29-15-19)31-12-8-21(23(27)16-31)20-4-2-3-5-22(20)26/h2-5,14-15,17-18,21,23H,6-13,16,27H2,1H3,(H,32,33)/t17-,21-,23+/m1/s1. The summed E-state index contributed by atoms with van der Waals surface area (Å²) in [5.74, 6) is 2.01. The highest BCUT2D eigenvalue weighted by Gasteiger charge is 2.30. The number of nitrogens with two attached hydrogens (primary N) is 1. The number of anilines is 1. The quantitative estimate of drug-likeness (QED) is 0.634. The fourth-order valence-electron chi connectivity index (χ4n) is 5.13. The third-order valence-electron chi connectivity index (χ3n) is 7.32. The van der Waals surface area contributed by atoms with Crippen molar-refractivity contribution in [1.82, 2.24) is 14.9 Å². The van der Waals surface area contributed by atoms with Crippen molar-refractivity contribution in [3.8, 4) is 5.75 Å². The minimum atomic E-state index is -0.825. The number of nitrogens with zero attached hydrogens (tertiary/aromatic N) is 4. The van der Waals surface area contributed by atoms with Gasteiger partial charge in [0.05, 0.1) is 19.0 Å². The molecule has 2 aliphatic heterocycles. The van der Waals surface area contributed by atoms with Crippen molar-refractivity contribution in [2.24, 2.45) is 17.6 Å². The lowest BCUT2D eigenvalue weighted by Crippen LogP contribution is -2.48. The van der Waals surface area contributed by atoms with Crippen molar-refractivity contribution in [2.75, 3.05) is 37.7 Å². The zero-order valence-electron chi connectivity index (χ0n) is 19.6. The molecule has 34 heavy (non-hydrogen) atoms. The summed E-state index contributed by atoms with van der Waals surface area (Å²) in [7, 11) is 0. The normalized spacial score (nSPS) is 22.4. The number of hydrogen-bond acceptors (Lipinski definition) is 6. The number of amides is 1. The summed E-state index contributed by atoms with van der Waals surface area (Å²) < 4.78 is 20.0. The molecule has 0 bridgehead atoms. The van der Waals surface area contributed by atoms with Gasteiger partial charge in [-0.3, -0.25) is 0 Å². The zero-order valence-corrected chi connectivity index (χ0v) is 19.6. The van der Waals surface area contributed by atoms with Crippen LogP contribution in [-0.4, -0.2) is 64.9 Å². The predicted molar refractivity (Wildman–Crippen MR) is 128 cm³/mol. The van der Waals surface area contributed by atoms with E-state index in [1.54, 1.807) is 18.5 Å². The zero-order chi connectivity index (χ0) is 24.1. The van der Waals surface area contributed by atoms with E-state index in [0.717, 1.165) is 25.7 Å². The summed E-state index contributed by atoms with van der Waals surface area (Å²) in [5.41, 5.74) is 7.08. The molecule has 184 valence electrons. The van der Waals surface area contributed by atoms with Crippen molar-refractivity contribution < 1.29 is 19.0 Å². The summed E-state index contributed by atoms with van der Waals surface area (Å²) >= 11 is 0. The molecule has 0 saturated carbocycles. The Morgan fingerprint density at radius 1 is 1.21 bits per heavy atom. The highest BCUT2D eigenvalue weighted by Crippen LogP contribution is 2.31. The number of hydrogen-bond donors (Lipinski definition) is 2. The second-order valence-electron chi connectivity index (χ2n) is 9.47. The molecule has 2 aliphatic rings. The fourth-order valence-corrected chi connectivity index (χ4v) is 5.13. The van der Waals surface area contributed by atoms with Crippen LogP contribution in [0.3, 0.4) is 0 Å². The molecular formula is C25H34FN5O3. The number of carboxylic acid groups (broad SMARTS) is 1. The maximum atomic E-state index is 14.2. The van der Waals surface area contributed by atoms with Crippen LogP contribution >= 0.6 is 0 Å². The van der Waals surface area contributed by atoms with Gasteiger partial charge in [-0.2, -0.15) is 0 Å². The molecule has 1 amide bonds. The molecule has 1 aromatic carbocycles. The lowest BCUT2D eigenvalue weighted by Gasteiger charge is -2.37. The van der Waals surface area contributed by atoms with E-state index in [9.17, 15) is 9.18 Å². The van der Waals surface area contributed by atoms with Gasteiger partial charge >= 0.3 is 6.09 Å². The number of aromatic nitrogens is 2. The third-order valence-corrected chi connectivity index (χ3v) is 7.32. The van der Waals surface area contributed by atoms with Crippen LogP contribution in [0.25, 0.3) is 0 Å². The SMILES string of the molecule is C[C@H](CCOc1cnc(N2CC[C@H](c3ccccc3F)[C@@H](N)C2)nc1)C1CCN(C(=O)O)CC1. The Morgan fingerprint density at radius 2 is 1.91 bits per heavy atom. The largest absolute Gasteiger partial charge is 0.490 e. The van der Waals surface area contributed by atoms with Gasteiger partial charge < -0.3 is 25.4 Å². The Morgan fingerprint density at radius 3 is 2.56 bits per heavy atom. The first kappa shape index (κ1) is 24.2. The van der Waals surface area contributed by atoms with Crippen LogP contribution in [0, 0.1) is 17.7 Å². The smallest absolute Gasteiger partial charge is 0.407 e. The van der Waals surface area contributed by atoms with Crippen molar-refractivity contribution in [3.05, 3.63) is 48.0 Å². The first-order chi connectivity index (χ1) is 16.4. The summed E-state index contributed by atoms with van der Waals surface area (Å²) in [6.07, 6.45) is 6.00. The minimum Gasteiger partial charge on any atom is -0.490 e. The fraction of sp³-hybridized carbons (Fsp3) is 0.560. The Kier molecular flexibility index (Phi) is 7.82. The van der Waals surface area contributed by atoms with Crippen LogP contribution in [0.15, 0.2) is 36.7 Å². The second-order valence-corrected chi connectivity index (χ2v) is 9.47. The first-order valence-corrected chi connectivity index (χ1v) is 12.1. The van der Waals surface area contributed by atoms with Gasteiger partial charge in [-0.15, -0.1) is 0 Å². The monoisotopic (exact) mass is 471 g/mol. The minimum absolute atomic E-state index is 0.0154. The van der Waals surface area contributed by atoms with Crippen LogP contribution in [0.5, 0.6) is 5.75 Å². The van der Waals surface area contributed by atoms with Crippen LogP contribution < -0.4 is 15.4 Å². The summed E-state index contributed by atoms with van der Waals surface area (Å²) in [5, 5.41) is 9.09. The average Bonchev–Trinajstić information content (AvgIpc) is 2.85. The van der Waals surface area contributed by atoms with Crippen LogP contribution in [-0.2, 0) is 0 Å². The van der Waals surface area contributed by atoms with E-state index in [1.165, 1.54) is 11.0 Å². The molecule has 3 N–H and O–H groups in total. The number of ether oxygens (including phenoxy) is 1. The van der Waals surface area contributed by atoms with Gasteiger partial charge in [-0.05, 0) is 49.1 Å². The molecule has 3 atom stereocenters. The Labute approximate surface area is 199 Å². The number of likely N-dealkylation sites (tertiary alicyclic amines) is 1. The van der Waals surface area contributed by atoms with E-state index in [2.05, 4.69) is 16.9 Å². The van der Waals surface area contributed by atoms with E-state index >= 15 is 0 Å². The van der Waals surface area contributed by atoms with Gasteiger partial charge in [0.1, 0.15) is 5.82 Å². The van der Waals surface area contributed by atoms with Gasteiger partial charge in [0, 0.05) is 38.1 Å². The van der Waals surface area contributed by atoms with Gasteiger partial charge in [0.2, 0.25) is 5.95 Å². The van der Waals surface area contributed by atoms with Crippen LogP contribution in [0.2, 0.25) is 0 Å². The van der Waals surface area contributed by atoms with Crippen molar-refractivity contribution in [2.45, 2.75) is 44.6 Å². The second kappa shape index (κ2) is 11.0. The predicted octanol–water partition coefficient (Wildman–Crippen LogP) is 3.73. The van der Waals surface area contributed by atoms with Gasteiger partial charge in [-0.25, -0.2) is 19.2 Å². The first-order valence-electron chi connectivity index (χ1n) is 12.1. The summed E-state index contributed by atoms with van der Waals surface area (Å²) in [6, 6.07) is 6.65. The number of halogens is 1. The molecule has 0 aliphatic carbocycles. The van der Waals surface area contributed by atoms with Gasteiger partial charge in [0.15, 0.2) is 5.75 Å². The van der Waals surface area contributed by atoms with E-state index in [0.29, 0.717) is 61.9 Å². The Hall–Kier alpha value is -2.94. The Balaban J connectivity index is 1.22. The van der Waals surface area contributed by atoms with Gasteiger partial charge in [-0.1, -0.05) is 25.1 Å². The number of piperidine rings is 2. The molecular weight excluding hydrogens is 437 g/mol. The number of benzene rings is 1. The molecule has 4 rings (SSSR count). The summed E-state index contributed by atoms with van der Waals surface area (Å²) in [4.78, 5) is 23.5. The number of rotatable bonds is 7. The van der Waals surface area contributed by atoms with E-state index in [-0.39, 0.29) is 17.8 Å². The molecule has 2 fully saturated rings. The average molecular weight is 472 g/mol. The Bertz CT molecular complexity index is 952. The van der Waals surface area contributed by atoms with E-state index < -0.39 is 6.09 Å². The van der Waals surface area contributed by atoms with Gasteiger partial charge in [0.25, 0.3) is 0 Å². The molecule has 2 aromatic rings. The van der Waals surface area contributed by atoms with E-state index in [4.69, 9.17) is 15.6 Å². The lowest BCUT2D eigenvalue weighted by atomic mass is 9.84. The van der Waals surface area contributed by atoms with Crippen molar-refractivity contribution in [3.63, 3.8) is 0 Å². The molecule has 2 saturated heterocycles. The lowest BCUT2D eigenvalue weighted by molar-refractivity contribution is 0.110. The number of carbonyl (C=O) groups is 1. The van der Waals surface area contributed by atoms with Crippen molar-refractivity contribution >= 4 is 12.0 Å². The summed E-state index contributed by atoms with van der Waals surface area (Å²) in [6.45, 7) is 5.28. The van der Waals surface area contributed by atoms with Crippen LogP contribution in [0.4, 0.5) is 15.1 Å². The maximum Gasteiger partial charge on any atom is 0.407 e. The molecule has 1 aromatic heterocycles. The molecule has 0 radical (unpaired) electrons. The molecule has 3 heterocycles. The maximum absolute atomic E-state index is 14.2. The van der Waals surface area contributed by atoms with Crippen molar-refractivity contribution in [1.29, 1.82) is 0 Å². The molecule has 0 unspecified atom stereocenters. The third kappa shape index (κ3) is 5.75. The molecule has 8 nitrogen and oxygen atoms in total.